The van der Waals surface area contributed by atoms with E-state index >= 15 is 0 Å². The summed E-state index contributed by atoms with van der Waals surface area (Å²) in [7, 11) is 1.86. The van der Waals surface area contributed by atoms with E-state index in [9.17, 15) is 4.79 Å². The summed E-state index contributed by atoms with van der Waals surface area (Å²) in [5.41, 5.74) is 4.15. The SMILES string of the molecule is Cc1cc(CNC(=O)Cc2ccccc2Nc2c(Cl)cccc2Cl)n(C)n1. The van der Waals surface area contributed by atoms with E-state index in [4.69, 9.17) is 23.2 Å². The summed E-state index contributed by atoms with van der Waals surface area (Å²) in [6.07, 6.45) is 0.238. The Kier molecular flexibility index (Phi) is 6.04. The average Bonchev–Trinajstić information content (AvgIpc) is 2.95. The molecule has 0 saturated carbocycles. The summed E-state index contributed by atoms with van der Waals surface area (Å²) in [6, 6.07) is 14.9. The Balaban J connectivity index is 1.70. The standard InChI is InChI=1S/C20H20Cl2N4O/c1-13-10-15(26(2)25-13)12-23-19(27)11-14-6-3-4-9-18(14)24-20-16(21)7-5-8-17(20)22/h3-10,24H,11-12H2,1-2H3,(H,23,27). The molecule has 1 amide bonds. The van der Waals surface area contributed by atoms with Crippen molar-refractivity contribution in [2.45, 2.75) is 19.9 Å². The van der Waals surface area contributed by atoms with E-state index in [-0.39, 0.29) is 12.3 Å². The van der Waals surface area contributed by atoms with Crippen LogP contribution in [0.15, 0.2) is 48.5 Å². The number of aryl methyl sites for hydroxylation is 2. The molecule has 140 valence electrons. The number of halogens is 2. The minimum Gasteiger partial charge on any atom is -0.353 e. The second-order valence-electron chi connectivity index (χ2n) is 6.23. The van der Waals surface area contributed by atoms with Gasteiger partial charge in [-0.2, -0.15) is 5.10 Å². The molecular weight excluding hydrogens is 383 g/mol. The Hall–Kier alpha value is -2.50. The largest absolute Gasteiger partial charge is 0.353 e. The van der Waals surface area contributed by atoms with Crippen molar-refractivity contribution < 1.29 is 4.79 Å². The molecule has 0 saturated heterocycles. The van der Waals surface area contributed by atoms with E-state index in [1.165, 1.54) is 0 Å². The highest BCUT2D eigenvalue weighted by Crippen LogP contribution is 2.33. The number of benzene rings is 2. The topological polar surface area (TPSA) is 59.0 Å². The van der Waals surface area contributed by atoms with Crippen molar-refractivity contribution in [3.05, 3.63) is 75.5 Å². The maximum Gasteiger partial charge on any atom is 0.224 e. The summed E-state index contributed by atoms with van der Waals surface area (Å²) < 4.78 is 1.77. The van der Waals surface area contributed by atoms with Crippen LogP contribution in [0, 0.1) is 6.92 Å². The van der Waals surface area contributed by atoms with E-state index < -0.39 is 0 Å². The number of carbonyl (C=O) groups is 1. The number of carbonyl (C=O) groups excluding carboxylic acids is 1. The zero-order valence-corrected chi connectivity index (χ0v) is 16.6. The average molecular weight is 403 g/mol. The summed E-state index contributed by atoms with van der Waals surface area (Å²) >= 11 is 12.5. The molecule has 0 bridgehead atoms. The number of nitrogens with one attached hydrogen (secondary N) is 2. The number of aromatic nitrogens is 2. The minimum absolute atomic E-state index is 0.0756. The van der Waals surface area contributed by atoms with Crippen molar-refractivity contribution in [2.75, 3.05) is 5.32 Å². The van der Waals surface area contributed by atoms with Gasteiger partial charge < -0.3 is 10.6 Å². The van der Waals surface area contributed by atoms with Gasteiger partial charge in [-0.05, 0) is 36.8 Å². The molecule has 2 aromatic carbocycles. The Morgan fingerprint density at radius 2 is 1.81 bits per heavy atom. The van der Waals surface area contributed by atoms with Crippen LogP contribution in [-0.2, 0) is 24.8 Å². The molecule has 1 heterocycles. The van der Waals surface area contributed by atoms with Gasteiger partial charge in [-0.1, -0.05) is 47.5 Å². The first-order valence-electron chi connectivity index (χ1n) is 8.49. The van der Waals surface area contributed by atoms with Crippen molar-refractivity contribution in [1.29, 1.82) is 0 Å². The van der Waals surface area contributed by atoms with Gasteiger partial charge in [0.15, 0.2) is 0 Å². The van der Waals surface area contributed by atoms with Crippen LogP contribution in [0.2, 0.25) is 10.0 Å². The van der Waals surface area contributed by atoms with Gasteiger partial charge in [0.25, 0.3) is 0 Å². The van der Waals surface area contributed by atoms with E-state index in [1.807, 2.05) is 44.3 Å². The van der Waals surface area contributed by atoms with Crippen molar-refractivity contribution in [3.8, 4) is 0 Å². The van der Waals surface area contributed by atoms with Crippen LogP contribution in [0.1, 0.15) is 17.0 Å². The van der Waals surface area contributed by atoms with Gasteiger partial charge in [-0.15, -0.1) is 0 Å². The molecule has 27 heavy (non-hydrogen) atoms. The third-order valence-corrected chi connectivity index (χ3v) is 4.79. The fraction of sp³-hybridized carbons (Fsp3) is 0.200. The lowest BCUT2D eigenvalue weighted by atomic mass is 10.1. The molecule has 0 spiro atoms. The predicted molar refractivity (Wildman–Crippen MR) is 110 cm³/mol. The van der Waals surface area contributed by atoms with Crippen molar-refractivity contribution >= 4 is 40.5 Å². The maximum atomic E-state index is 12.4. The van der Waals surface area contributed by atoms with E-state index in [1.54, 1.807) is 22.9 Å². The summed E-state index contributed by atoms with van der Waals surface area (Å²) in [4.78, 5) is 12.4. The number of rotatable bonds is 6. The second kappa shape index (κ2) is 8.46. The highest BCUT2D eigenvalue weighted by Gasteiger charge is 2.12. The molecule has 0 radical (unpaired) electrons. The van der Waals surface area contributed by atoms with E-state index in [0.29, 0.717) is 22.3 Å². The first-order chi connectivity index (χ1) is 12.9. The number of amides is 1. The van der Waals surface area contributed by atoms with Crippen LogP contribution in [0.5, 0.6) is 0 Å². The predicted octanol–water partition coefficient (Wildman–Crippen LogP) is 4.64. The number of anilines is 2. The Labute approximate surface area is 168 Å². The van der Waals surface area contributed by atoms with Crippen LogP contribution in [0.4, 0.5) is 11.4 Å². The van der Waals surface area contributed by atoms with E-state index in [2.05, 4.69) is 15.7 Å². The fourth-order valence-electron chi connectivity index (χ4n) is 2.80. The zero-order chi connectivity index (χ0) is 19.4. The maximum absolute atomic E-state index is 12.4. The highest BCUT2D eigenvalue weighted by molar-refractivity contribution is 6.39. The molecule has 0 atom stereocenters. The molecule has 0 unspecified atom stereocenters. The molecule has 0 aliphatic rings. The number of hydrogen-bond donors (Lipinski definition) is 2. The van der Waals surface area contributed by atoms with Crippen molar-refractivity contribution in [2.24, 2.45) is 7.05 Å². The number of para-hydroxylation sites is 2. The molecule has 1 aromatic heterocycles. The molecular formula is C20H20Cl2N4O. The van der Waals surface area contributed by atoms with Crippen LogP contribution in [0.25, 0.3) is 0 Å². The van der Waals surface area contributed by atoms with Gasteiger partial charge in [-0.3, -0.25) is 9.48 Å². The number of hydrogen-bond acceptors (Lipinski definition) is 3. The van der Waals surface area contributed by atoms with Gasteiger partial charge in [0, 0.05) is 12.7 Å². The molecule has 0 aliphatic carbocycles. The lowest BCUT2D eigenvalue weighted by Crippen LogP contribution is -2.25. The summed E-state index contributed by atoms with van der Waals surface area (Å²) in [6.45, 7) is 2.36. The normalized spacial score (nSPS) is 10.7. The zero-order valence-electron chi connectivity index (χ0n) is 15.1. The van der Waals surface area contributed by atoms with Crippen LogP contribution in [-0.4, -0.2) is 15.7 Å². The van der Waals surface area contributed by atoms with Gasteiger partial charge >= 0.3 is 0 Å². The first kappa shape index (κ1) is 19.3. The molecule has 0 aliphatic heterocycles. The van der Waals surface area contributed by atoms with Crippen molar-refractivity contribution in [3.63, 3.8) is 0 Å². The smallest absolute Gasteiger partial charge is 0.224 e. The molecule has 2 N–H and O–H groups in total. The van der Waals surface area contributed by atoms with Gasteiger partial charge in [0.1, 0.15) is 0 Å². The fourth-order valence-corrected chi connectivity index (χ4v) is 3.29. The Morgan fingerprint density at radius 1 is 1.11 bits per heavy atom. The van der Waals surface area contributed by atoms with Gasteiger partial charge in [0.05, 0.1) is 40.1 Å². The van der Waals surface area contributed by atoms with Crippen LogP contribution >= 0.6 is 23.2 Å². The molecule has 0 fully saturated rings. The van der Waals surface area contributed by atoms with Gasteiger partial charge in [-0.25, -0.2) is 0 Å². The first-order valence-corrected chi connectivity index (χ1v) is 9.25. The van der Waals surface area contributed by atoms with E-state index in [0.717, 1.165) is 22.6 Å². The monoisotopic (exact) mass is 402 g/mol. The van der Waals surface area contributed by atoms with Gasteiger partial charge in [0.2, 0.25) is 5.91 Å². The van der Waals surface area contributed by atoms with Crippen molar-refractivity contribution in [1.82, 2.24) is 15.1 Å². The number of nitrogens with zero attached hydrogens (tertiary/aromatic N) is 2. The lowest BCUT2D eigenvalue weighted by Gasteiger charge is -2.14. The highest BCUT2D eigenvalue weighted by atomic mass is 35.5. The lowest BCUT2D eigenvalue weighted by molar-refractivity contribution is -0.120. The Bertz CT molecular complexity index is 948. The molecule has 5 nitrogen and oxygen atoms in total. The second-order valence-corrected chi connectivity index (χ2v) is 7.05. The Morgan fingerprint density at radius 3 is 2.48 bits per heavy atom. The molecule has 3 rings (SSSR count). The minimum atomic E-state index is -0.0756. The summed E-state index contributed by atoms with van der Waals surface area (Å²) in [5.74, 6) is -0.0756. The third-order valence-electron chi connectivity index (χ3n) is 4.16. The van der Waals surface area contributed by atoms with Crippen LogP contribution < -0.4 is 10.6 Å². The molecule has 7 heteroatoms. The summed E-state index contributed by atoms with van der Waals surface area (Å²) in [5, 5.41) is 11.5. The third kappa shape index (κ3) is 4.81. The molecule has 3 aromatic rings. The quantitative estimate of drug-likeness (QED) is 0.631. The van der Waals surface area contributed by atoms with Crippen LogP contribution in [0.3, 0.4) is 0 Å².